The first-order chi connectivity index (χ1) is 8.70. The van der Waals surface area contributed by atoms with Gasteiger partial charge in [0.15, 0.2) is 0 Å². The number of rotatable bonds is 2. The predicted molar refractivity (Wildman–Crippen MR) is 66.2 cm³/mol. The van der Waals surface area contributed by atoms with Crippen LogP contribution in [0.25, 0.3) is 0 Å². The van der Waals surface area contributed by atoms with E-state index in [0.717, 1.165) is 0 Å². The van der Waals surface area contributed by atoms with E-state index in [2.05, 4.69) is 10.3 Å². The molecule has 2 N–H and O–H groups in total. The molecule has 1 aromatic heterocycles. The summed E-state index contributed by atoms with van der Waals surface area (Å²) >= 11 is 0. The summed E-state index contributed by atoms with van der Waals surface area (Å²) in [5.41, 5.74) is 0.522. The zero-order chi connectivity index (χ0) is 13.0. The van der Waals surface area contributed by atoms with Gasteiger partial charge in [-0.1, -0.05) is 6.07 Å². The minimum absolute atomic E-state index is 0.171. The molecule has 0 bridgehead atoms. The number of nitrogens with one attached hydrogen (secondary N) is 2. The zero-order valence-corrected chi connectivity index (χ0v) is 9.31. The number of benzene rings is 1. The van der Waals surface area contributed by atoms with E-state index in [1.54, 1.807) is 24.3 Å². The summed E-state index contributed by atoms with van der Waals surface area (Å²) in [7, 11) is 0. The summed E-state index contributed by atoms with van der Waals surface area (Å²) < 4.78 is 0. The van der Waals surface area contributed by atoms with Crippen LogP contribution in [0.5, 0.6) is 0 Å². The Hall–Kier alpha value is -2.87. The van der Waals surface area contributed by atoms with Crippen molar-refractivity contribution in [1.82, 2.24) is 4.98 Å². The zero-order valence-electron chi connectivity index (χ0n) is 9.31. The molecule has 88 valence electrons. The van der Waals surface area contributed by atoms with Crippen LogP contribution in [0.15, 0.2) is 47.4 Å². The van der Waals surface area contributed by atoms with Gasteiger partial charge >= 0.3 is 0 Å². The molecule has 0 spiro atoms. The lowest BCUT2D eigenvalue weighted by atomic mass is 10.1. The maximum Gasteiger partial charge on any atom is 0.271 e. The van der Waals surface area contributed by atoms with Crippen molar-refractivity contribution < 1.29 is 4.79 Å². The number of H-pyrrole nitrogens is 1. The summed E-state index contributed by atoms with van der Waals surface area (Å²) in [4.78, 5) is 25.7. The Morgan fingerprint density at radius 3 is 2.83 bits per heavy atom. The van der Waals surface area contributed by atoms with Crippen LogP contribution in [0.2, 0.25) is 0 Å². The van der Waals surface area contributed by atoms with Gasteiger partial charge in [-0.3, -0.25) is 9.59 Å². The van der Waals surface area contributed by atoms with Crippen molar-refractivity contribution >= 4 is 11.6 Å². The fraction of sp³-hybridized carbons (Fsp3) is 0. The first-order valence-electron chi connectivity index (χ1n) is 5.20. The average Bonchev–Trinajstić information content (AvgIpc) is 2.41. The molecule has 0 unspecified atom stereocenters. The van der Waals surface area contributed by atoms with Gasteiger partial charge in [-0.15, -0.1) is 0 Å². The second-order valence-electron chi connectivity index (χ2n) is 3.56. The quantitative estimate of drug-likeness (QED) is 0.832. The summed E-state index contributed by atoms with van der Waals surface area (Å²) in [6.07, 6.45) is 1.48. The van der Waals surface area contributed by atoms with Gasteiger partial charge in [-0.2, -0.15) is 5.26 Å². The Kier molecular flexibility index (Phi) is 3.21. The van der Waals surface area contributed by atoms with Crippen molar-refractivity contribution in [2.75, 3.05) is 5.32 Å². The van der Waals surface area contributed by atoms with Crippen molar-refractivity contribution in [2.45, 2.75) is 0 Å². The number of carbonyl (C=O) groups excluding carboxylic acids is 1. The normalized spacial score (nSPS) is 9.50. The largest absolute Gasteiger partial charge is 0.327 e. The molecule has 0 saturated carbocycles. The van der Waals surface area contributed by atoms with E-state index in [1.165, 1.54) is 18.3 Å². The number of aromatic amines is 1. The maximum atomic E-state index is 11.9. The average molecular weight is 239 g/mol. The Bertz CT molecular complexity index is 683. The molecule has 0 aliphatic carbocycles. The van der Waals surface area contributed by atoms with Crippen molar-refractivity contribution in [3.05, 3.63) is 64.1 Å². The number of nitriles is 1. The smallest absolute Gasteiger partial charge is 0.271 e. The van der Waals surface area contributed by atoms with E-state index in [9.17, 15) is 9.59 Å². The number of hydrogen-bond acceptors (Lipinski definition) is 3. The molecule has 2 aromatic rings. The Labute approximate surface area is 103 Å². The molecule has 0 aliphatic rings. The molecule has 0 radical (unpaired) electrons. The topological polar surface area (TPSA) is 85.8 Å². The molecule has 1 heterocycles. The Morgan fingerprint density at radius 1 is 1.28 bits per heavy atom. The van der Waals surface area contributed by atoms with Gasteiger partial charge in [0.25, 0.3) is 11.5 Å². The predicted octanol–water partition coefficient (Wildman–Crippen LogP) is 1.50. The van der Waals surface area contributed by atoms with E-state index < -0.39 is 5.91 Å². The van der Waals surface area contributed by atoms with Gasteiger partial charge in [0.1, 0.15) is 5.69 Å². The molecule has 5 heteroatoms. The van der Waals surface area contributed by atoms with Crippen molar-refractivity contribution in [3.8, 4) is 6.07 Å². The molecule has 1 amide bonds. The lowest BCUT2D eigenvalue weighted by Gasteiger charge is -2.03. The fourth-order valence-electron chi connectivity index (χ4n) is 1.44. The lowest BCUT2D eigenvalue weighted by molar-refractivity contribution is 0.102. The summed E-state index contributed by atoms with van der Waals surface area (Å²) in [5.74, 6) is -0.427. The highest BCUT2D eigenvalue weighted by Crippen LogP contribution is 2.06. The van der Waals surface area contributed by atoms with Gasteiger partial charge in [0, 0.05) is 11.8 Å². The van der Waals surface area contributed by atoms with E-state index >= 15 is 0 Å². The van der Waals surface area contributed by atoms with Gasteiger partial charge in [0.05, 0.1) is 11.6 Å². The van der Waals surface area contributed by atoms with Gasteiger partial charge in [-0.25, -0.2) is 0 Å². The van der Waals surface area contributed by atoms with Crippen molar-refractivity contribution in [2.24, 2.45) is 0 Å². The number of aromatic nitrogens is 1. The van der Waals surface area contributed by atoms with Crippen LogP contribution in [-0.4, -0.2) is 10.9 Å². The highest BCUT2D eigenvalue weighted by molar-refractivity contribution is 6.04. The van der Waals surface area contributed by atoms with E-state index in [-0.39, 0.29) is 11.2 Å². The third-order valence-corrected chi connectivity index (χ3v) is 2.32. The van der Waals surface area contributed by atoms with Gasteiger partial charge in [0.2, 0.25) is 0 Å². The monoisotopic (exact) mass is 239 g/mol. The number of nitrogens with zero attached hydrogens (tertiary/aromatic N) is 1. The van der Waals surface area contributed by atoms with Crippen LogP contribution < -0.4 is 10.9 Å². The summed E-state index contributed by atoms with van der Waals surface area (Å²) in [5, 5.41) is 11.2. The molecule has 1 aromatic carbocycles. The molecule has 0 atom stereocenters. The third kappa shape index (κ3) is 2.44. The van der Waals surface area contributed by atoms with Crippen LogP contribution in [0.4, 0.5) is 5.69 Å². The molecule has 0 aliphatic heterocycles. The Morgan fingerprint density at radius 2 is 2.11 bits per heavy atom. The number of amides is 1. The third-order valence-electron chi connectivity index (χ3n) is 2.32. The minimum atomic E-state index is -0.427. The van der Waals surface area contributed by atoms with Gasteiger partial charge < -0.3 is 10.3 Å². The maximum absolute atomic E-state index is 11.9. The molecule has 0 fully saturated rings. The van der Waals surface area contributed by atoms with Crippen LogP contribution in [0.3, 0.4) is 0 Å². The SMILES string of the molecule is N#Cc1cccc(C(=O)Nc2ccc[nH]c2=O)c1. The standard InChI is InChI=1S/C13H9N3O2/c14-8-9-3-1-4-10(7-9)12(17)16-11-5-2-6-15-13(11)18/h1-7H,(H,15,18)(H,16,17). The molecule has 0 saturated heterocycles. The van der Waals surface area contributed by atoms with Crippen LogP contribution in [-0.2, 0) is 0 Å². The molecule has 5 nitrogen and oxygen atoms in total. The number of carbonyl (C=O) groups is 1. The first-order valence-corrected chi connectivity index (χ1v) is 5.20. The Balaban J connectivity index is 2.25. The molecule has 18 heavy (non-hydrogen) atoms. The number of hydrogen-bond donors (Lipinski definition) is 2. The molecular formula is C13H9N3O2. The van der Waals surface area contributed by atoms with E-state index in [0.29, 0.717) is 11.1 Å². The highest BCUT2D eigenvalue weighted by Gasteiger charge is 2.08. The highest BCUT2D eigenvalue weighted by atomic mass is 16.2. The second kappa shape index (κ2) is 4.97. The van der Waals surface area contributed by atoms with Crippen LogP contribution in [0.1, 0.15) is 15.9 Å². The van der Waals surface area contributed by atoms with Crippen molar-refractivity contribution in [1.29, 1.82) is 5.26 Å². The van der Waals surface area contributed by atoms with Crippen LogP contribution >= 0.6 is 0 Å². The minimum Gasteiger partial charge on any atom is -0.327 e. The van der Waals surface area contributed by atoms with Gasteiger partial charge in [-0.05, 0) is 30.3 Å². The second-order valence-corrected chi connectivity index (χ2v) is 3.56. The number of anilines is 1. The molecule has 2 rings (SSSR count). The molecular weight excluding hydrogens is 230 g/mol. The summed E-state index contributed by atoms with van der Waals surface area (Å²) in [6.45, 7) is 0. The van der Waals surface area contributed by atoms with Crippen LogP contribution in [0, 0.1) is 11.3 Å². The fourth-order valence-corrected chi connectivity index (χ4v) is 1.44. The van der Waals surface area contributed by atoms with E-state index in [4.69, 9.17) is 5.26 Å². The first kappa shape index (κ1) is 11.6. The lowest BCUT2D eigenvalue weighted by Crippen LogP contribution is -2.19. The number of pyridine rings is 1. The van der Waals surface area contributed by atoms with E-state index in [1.807, 2.05) is 6.07 Å². The summed E-state index contributed by atoms with van der Waals surface area (Å²) in [6, 6.07) is 11.3. The van der Waals surface area contributed by atoms with Crippen molar-refractivity contribution in [3.63, 3.8) is 0 Å².